The first-order chi connectivity index (χ1) is 9.60. The van der Waals surface area contributed by atoms with Crippen LogP contribution in [-0.2, 0) is 6.54 Å². The highest BCUT2D eigenvalue weighted by Gasteiger charge is 2.07. The second-order valence-corrected chi connectivity index (χ2v) is 5.84. The quantitative estimate of drug-likeness (QED) is 0.785. The van der Waals surface area contributed by atoms with Gasteiger partial charge in [0.2, 0.25) is 0 Å². The van der Waals surface area contributed by atoms with Crippen molar-refractivity contribution < 1.29 is 4.74 Å². The zero-order chi connectivity index (χ0) is 14.5. The van der Waals surface area contributed by atoms with Crippen molar-refractivity contribution in [3.8, 4) is 11.5 Å². The molecule has 0 unspecified atom stereocenters. The number of aryl methyl sites for hydroxylation is 1. The van der Waals surface area contributed by atoms with Crippen LogP contribution in [0.15, 0.2) is 40.9 Å². The van der Waals surface area contributed by atoms with Crippen LogP contribution in [0.1, 0.15) is 18.1 Å². The van der Waals surface area contributed by atoms with Crippen molar-refractivity contribution in [3.63, 3.8) is 0 Å². The standard InChI is InChI=1S/C16H17BrClNO/c1-3-19-10-12-9-13(18)4-7-16(12)20-14-5-6-15(17)11(2)8-14/h4-9,19H,3,10H2,1-2H3. The molecule has 2 rings (SSSR count). The van der Waals surface area contributed by atoms with Crippen molar-refractivity contribution in [1.29, 1.82) is 0 Å². The Balaban J connectivity index is 2.25. The molecule has 4 heteroatoms. The lowest BCUT2D eigenvalue weighted by molar-refractivity contribution is 0.473. The van der Waals surface area contributed by atoms with Gasteiger partial charge in [-0.15, -0.1) is 0 Å². The van der Waals surface area contributed by atoms with Crippen LogP contribution in [0.4, 0.5) is 0 Å². The molecule has 0 aliphatic rings. The molecule has 0 aromatic heterocycles. The average Bonchev–Trinajstić information content (AvgIpc) is 2.43. The number of hydrogen-bond donors (Lipinski definition) is 1. The van der Waals surface area contributed by atoms with Gasteiger partial charge < -0.3 is 10.1 Å². The van der Waals surface area contributed by atoms with E-state index in [1.54, 1.807) is 0 Å². The van der Waals surface area contributed by atoms with Crippen LogP contribution in [0, 0.1) is 6.92 Å². The van der Waals surface area contributed by atoms with Crippen LogP contribution < -0.4 is 10.1 Å². The molecule has 0 bridgehead atoms. The summed E-state index contributed by atoms with van der Waals surface area (Å²) in [7, 11) is 0. The molecule has 2 aromatic carbocycles. The van der Waals surface area contributed by atoms with E-state index in [0.29, 0.717) is 0 Å². The maximum atomic E-state index is 6.06. The van der Waals surface area contributed by atoms with Crippen molar-refractivity contribution in [3.05, 3.63) is 57.0 Å². The summed E-state index contributed by atoms with van der Waals surface area (Å²) in [4.78, 5) is 0. The normalized spacial score (nSPS) is 10.6. The summed E-state index contributed by atoms with van der Waals surface area (Å²) >= 11 is 9.55. The van der Waals surface area contributed by atoms with Crippen LogP contribution >= 0.6 is 27.5 Å². The van der Waals surface area contributed by atoms with Gasteiger partial charge in [0.1, 0.15) is 11.5 Å². The highest BCUT2D eigenvalue weighted by Crippen LogP contribution is 2.30. The molecule has 0 saturated carbocycles. The number of rotatable bonds is 5. The molecule has 0 fully saturated rings. The fourth-order valence-corrected chi connectivity index (χ4v) is 2.29. The van der Waals surface area contributed by atoms with Crippen molar-refractivity contribution >= 4 is 27.5 Å². The first kappa shape index (κ1) is 15.4. The summed E-state index contributed by atoms with van der Waals surface area (Å²) in [6.45, 7) is 5.76. The predicted octanol–water partition coefficient (Wildman–Crippen LogP) is 5.31. The third-order valence-corrected chi connectivity index (χ3v) is 4.07. The van der Waals surface area contributed by atoms with Gasteiger partial charge in [-0.3, -0.25) is 0 Å². The lowest BCUT2D eigenvalue weighted by Crippen LogP contribution is -2.12. The maximum absolute atomic E-state index is 6.06. The molecule has 0 heterocycles. The first-order valence-electron chi connectivity index (χ1n) is 6.53. The van der Waals surface area contributed by atoms with E-state index in [2.05, 4.69) is 28.2 Å². The van der Waals surface area contributed by atoms with Crippen LogP contribution in [0.5, 0.6) is 11.5 Å². The monoisotopic (exact) mass is 353 g/mol. The fraction of sp³-hybridized carbons (Fsp3) is 0.250. The highest BCUT2D eigenvalue weighted by atomic mass is 79.9. The minimum Gasteiger partial charge on any atom is -0.457 e. The Morgan fingerprint density at radius 3 is 2.70 bits per heavy atom. The van der Waals surface area contributed by atoms with E-state index in [-0.39, 0.29) is 0 Å². The third-order valence-electron chi connectivity index (χ3n) is 2.95. The van der Waals surface area contributed by atoms with Crippen molar-refractivity contribution in [2.24, 2.45) is 0 Å². The number of halogens is 2. The van der Waals surface area contributed by atoms with Crippen LogP contribution in [0.2, 0.25) is 5.02 Å². The van der Waals surface area contributed by atoms with E-state index in [9.17, 15) is 0 Å². The van der Waals surface area contributed by atoms with Crippen molar-refractivity contribution in [2.45, 2.75) is 20.4 Å². The van der Waals surface area contributed by atoms with Crippen LogP contribution in [0.3, 0.4) is 0 Å². The van der Waals surface area contributed by atoms with E-state index in [1.165, 1.54) is 0 Å². The third kappa shape index (κ3) is 3.98. The van der Waals surface area contributed by atoms with Gasteiger partial charge in [-0.05, 0) is 55.4 Å². The second kappa shape index (κ2) is 7.11. The van der Waals surface area contributed by atoms with Gasteiger partial charge in [0.25, 0.3) is 0 Å². The Bertz CT molecular complexity index is 601. The topological polar surface area (TPSA) is 21.3 Å². The van der Waals surface area contributed by atoms with Gasteiger partial charge in [0, 0.05) is 21.6 Å². The van der Waals surface area contributed by atoms with Crippen molar-refractivity contribution in [1.82, 2.24) is 5.32 Å². The molecular formula is C16H17BrClNO. The molecule has 106 valence electrons. The number of ether oxygens (including phenoxy) is 1. The van der Waals surface area contributed by atoms with E-state index in [0.717, 1.165) is 45.2 Å². The van der Waals surface area contributed by atoms with Crippen LogP contribution in [-0.4, -0.2) is 6.54 Å². The summed E-state index contributed by atoms with van der Waals surface area (Å²) in [5.41, 5.74) is 2.20. The predicted molar refractivity (Wildman–Crippen MR) is 87.8 cm³/mol. The van der Waals surface area contributed by atoms with Gasteiger partial charge in [0.05, 0.1) is 0 Å². The molecule has 2 aromatic rings. The van der Waals surface area contributed by atoms with E-state index >= 15 is 0 Å². The summed E-state index contributed by atoms with van der Waals surface area (Å²) in [6.07, 6.45) is 0. The van der Waals surface area contributed by atoms with Crippen molar-refractivity contribution in [2.75, 3.05) is 6.54 Å². The summed E-state index contributed by atoms with van der Waals surface area (Å²) in [5, 5.41) is 4.01. The molecule has 2 nitrogen and oxygen atoms in total. The molecule has 0 aliphatic heterocycles. The molecule has 0 spiro atoms. The molecule has 0 amide bonds. The smallest absolute Gasteiger partial charge is 0.132 e. The molecule has 0 atom stereocenters. The van der Waals surface area contributed by atoms with E-state index in [4.69, 9.17) is 16.3 Å². The summed E-state index contributed by atoms with van der Waals surface area (Å²) in [6, 6.07) is 11.6. The zero-order valence-electron chi connectivity index (χ0n) is 11.5. The summed E-state index contributed by atoms with van der Waals surface area (Å²) in [5.74, 6) is 1.66. The lowest BCUT2D eigenvalue weighted by Gasteiger charge is -2.13. The molecule has 1 N–H and O–H groups in total. The fourth-order valence-electron chi connectivity index (χ4n) is 1.85. The Labute approximate surface area is 133 Å². The van der Waals surface area contributed by atoms with Gasteiger partial charge in [-0.1, -0.05) is 34.5 Å². The maximum Gasteiger partial charge on any atom is 0.132 e. The van der Waals surface area contributed by atoms with Gasteiger partial charge in [-0.2, -0.15) is 0 Å². The lowest BCUT2D eigenvalue weighted by atomic mass is 10.2. The largest absolute Gasteiger partial charge is 0.457 e. The van der Waals surface area contributed by atoms with Gasteiger partial charge in [-0.25, -0.2) is 0 Å². The second-order valence-electron chi connectivity index (χ2n) is 4.55. The van der Waals surface area contributed by atoms with Gasteiger partial charge in [0.15, 0.2) is 0 Å². The first-order valence-corrected chi connectivity index (χ1v) is 7.70. The van der Waals surface area contributed by atoms with E-state index < -0.39 is 0 Å². The Morgan fingerprint density at radius 1 is 1.20 bits per heavy atom. The summed E-state index contributed by atoms with van der Waals surface area (Å²) < 4.78 is 7.06. The molecule has 20 heavy (non-hydrogen) atoms. The van der Waals surface area contributed by atoms with E-state index in [1.807, 2.05) is 43.3 Å². The number of nitrogens with one attached hydrogen (secondary N) is 1. The minimum atomic E-state index is 0.720. The Hall–Kier alpha value is -1.03. The molecule has 0 saturated heterocycles. The molecule has 0 radical (unpaired) electrons. The van der Waals surface area contributed by atoms with Crippen LogP contribution in [0.25, 0.3) is 0 Å². The SMILES string of the molecule is CCNCc1cc(Cl)ccc1Oc1ccc(Br)c(C)c1. The Kier molecular flexibility index (Phi) is 5.46. The number of hydrogen-bond acceptors (Lipinski definition) is 2. The Morgan fingerprint density at radius 2 is 2.00 bits per heavy atom. The average molecular weight is 355 g/mol. The molecule has 0 aliphatic carbocycles. The minimum absolute atomic E-state index is 0.720. The zero-order valence-corrected chi connectivity index (χ0v) is 13.9. The number of benzene rings is 2. The highest BCUT2D eigenvalue weighted by molar-refractivity contribution is 9.10. The molecular weight excluding hydrogens is 338 g/mol. The van der Waals surface area contributed by atoms with Gasteiger partial charge >= 0.3 is 0 Å².